The third kappa shape index (κ3) is 3.53. The number of benzene rings is 1. The number of piperidine rings is 1. The molecule has 2 heterocycles. The van der Waals surface area contributed by atoms with Crippen LogP contribution in [0.15, 0.2) is 24.3 Å². The first-order valence-corrected chi connectivity index (χ1v) is 9.12. The fourth-order valence-electron chi connectivity index (χ4n) is 2.68. The average Bonchev–Trinajstić information content (AvgIpc) is 2.53. The molecule has 0 aliphatic carbocycles. The summed E-state index contributed by atoms with van der Waals surface area (Å²) < 4.78 is 40.1. The number of para-hydroxylation sites is 2. The Morgan fingerprint density at radius 1 is 1.23 bits per heavy atom. The van der Waals surface area contributed by atoms with Gasteiger partial charge in [-0.15, -0.1) is 0 Å². The lowest BCUT2D eigenvalue weighted by Crippen LogP contribution is -2.48. The van der Waals surface area contributed by atoms with E-state index in [4.69, 9.17) is 9.47 Å². The van der Waals surface area contributed by atoms with Crippen molar-refractivity contribution in [3.63, 3.8) is 0 Å². The van der Waals surface area contributed by atoms with Crippen molar-refractivity contribution in [2.75, 3.05) is 26.2 Å². The predicted molar refractivity (Wildman–Crippen MR) is 83.2 cm³/mol. The van der Waals surface area contributed by atoms with Crippen LogP contribution in [0.1, 0.15) is 19.8 Å². The van der Waals surface area contributed by atoms with E-state index >= 15 is 0 Å². The van der Waals surface area contributed by atoms with Crippen molar-refractivity contribution in [3.05, 3.63) is 24.3 Å². The first-order chi connectivity index (χ1) is 10.5. The van der Waals surface area contributed by atoms with Crippen molar-refractivity contribution in [2.45, 2.75) is 25.9 Å². The van der Waals surface area contributed by atoms with E-state index in [9.17, 15) is 8.42 Å². The largest absolute Gasteiger partial charge is 0.486 e. The molecule has 1 fully saturated rings. The second-order valence-electron chi connectivity index (χ2n) is 5.93. The van der Waals surface area contributed by atoms with E-state index in [1.54, 1.807) is 0 Å². The minimum Gasteiger partial charge on any atom is -0.486 e. The Balaban J connectivity index is 1.54. The Kier molecular flexibility index (Phi) is 4.56. The fourth-order valence-corrected chi connectivity index (χ4v) is 3.95. The van der Waals surface area contributed by atoms with Gasteiger partial charge >= 0.3 is 0 Å². The van der Waals surface area contributed by atoms with Gasteiger partial charge in [-0.05, 0) is 30.9 Å². The molecule has 0 radical (unpaired) electrons. The zero-order chi connectivity index (χ0) is 15.6. The summed E-state index contributed by atoms with van der Waals surface area (Å²) in [4.78, 5) is 0. The van der Waals surface area contributed by atoms with Gasteiger partial charge in [0.15, 0.2) is 11.5 Å². The Bertz CT molecular complexity index is 612. The molecule has 1 saturated heterocycles. The molecule has 1 aromatic carbocycles. The van der Waals surface area contributed by atoms with Crippen LogP contribution in [0.4, 0.5) is 0 Å². The lowest BCUT2D eigenvalue weighted by atomic mass is 10.0. The van der Waals surface area contributed by atoms with E-state index in [2.05, 4.69) is 11.6 Å². The van der Waals surface area contributed by atoms with Gasteiger partial charge in [0.05, 0.1) is 6.54 Å². The standard InChI is InChI=1S/C15H22N2O4S/c1-12-6-8-17(9-7-12)22(18,19)16-10-13-11-20-14-4-2-3-5-15(14)21-13/h2-5,12-13,16H,6-11H2,1H3/t13-/m1/s1. The second-order valence-corrected chi connectivity index (χ2v) is 7.69. The highest BCUT2D eigenvalue weighted by Gasteiger charge is 2.28. The highest BCUT2D eigenvalue weighted by molar-refractivity contribution is 7.87. The van der Waals surface area contributed by atoms with Crippen LogP contribution in [0.3, 0.4) is 0 Å². The molecule has 6 nitrogen and oxygen atoms in total. The van der Waals surface area contributed by atoms with Gasteiger partial charge in [-0.1, -0.05) is 19.1 Å². The van der Waals surface area contributed by atoms with Gasteiger partial charge in [-0.2, -0.15) is 17.4 Å². The Morgan fingerprint density at radius 3 is 2.64 bits per heavy atom. The Hall–Kier alpha value is -1.31. The Labute approximate surface area is 131 Å². The van der Waals surface area contributed by atoms with Crippen molar-refractivity contribution < 1.29 is 17.9 Å². The number of nitrogens with zero attached hydrogens (tertiary/aromatic N) is 1. The summed E-state index contributed by atoms with van der Waals surface area (Å²) in [5, 5.41) is 0. The monoisotopic (exact) mass is 326 g/mol. The van der Waals surface area contributed by atoms with Crippen LogP contribution in [0.25, 0.3) is 0 Å². The van der Waals surface area contributed by atoms with E-state index in [1.807, 2.05) is 24.3 Å². The molecule has 0 spiro atoms. The summed E-state index contributed by atoms with van der Waals surface area (Å²) in [5.41, 5.74) is 0. The van der Waals surface area contributed by atoms with E-state index < -0.39 is 10.2 Å². The fraction of sp³-hybridized carbons (Fsp3) is 0.600. The highest BCUT2D eigenvalue weighted by atomic mass is 32.2. The molecule has 1 atom stereocenters. The van der Waals surface area contributed by atoms with Crippen LogP contribution in [-0.2, 0) is 10.2 Å². The molecule has 0 bridgehead atoms. The summed E-state index contributed by atoms with van der Waals surface area (Å²) in [5.74, 6) is 1.95. The maximum Gasteiger partial charge on any atom is 0.279 e. The third-order valence-electron chi connectivity index (χ3n) is 4.14. The first-order valence-electron chi connectivity index (χ1n) is 7.68. The van der Waals surface area contributed by atoms with Crippen molar-refractivity contribution in [1.82, 2.24) is 9.03 Å². The van der Waals surface area contributed by atoms with E-state index in [0.29, 0.717) is 37.1 Å². The second kappa shape index (κ2) is 6.44. The molecule has 0 amide bonds. The maximum atomic E-state index is 12.3. The molecular weight excluding hydrogens is 304 g/mol. The zero-order valence-corrected chi connectivity index (χ0v) is 13.5. The molecule has 2 aliphatic heterocycles. The van der Waals surface area contributed by atoms with Crippen molar-refractivity contribution in [3.8, 4) is 11.5 Å². The zero-order valence-electron chi connectivity index (χ0n) is 12.7. The molecule has 3 rings (SSSR count). The lowest BCUT2D eigenvalue weighted by molar-refractivity contribution is 0.0938. The van der Waals surface area contributed by atoms with Crippen LogP contribution in [0.5, 0.6) is 11.5 Å². The molecule has 122 valence electrons. The quantitative estimate of drug-likeness (QED) is 0.908. The molecule has 1 aromatic rings. The van der Waals surface area contributed by atoms with E-state index in [-0.39, 0.29) is 12.6 Å². The molecule has 7 heteroatoms. The number of rotatable bonds is 4. The molecule has 1 N–H and O–H groups in total. The summed E-state index contributed by atoms with van der Waals surface area (Å²) in [6, 6.07) is 7.40. The van der Waals surface area contributed by atoms with Crippen molar-refractivity contribution in [2.24, 2.45) is 5.92 Å². The van der Waals surface area contributed by atoms with Gasteiger partial charge in [0.2, 0.25) is 0 Å². The summed E-state index contributed by atoms with van der Waals surface area (Å²) in [6.07, 6.45) is 1.52. The topological polar surface area (TPSA) is 67.9 Å². The number of ether oxygens (including phenoxy) is 2. The SMILES string of the molecule is CC1CCN(S(=O)(=O)NC[C@@H]2COc3ccccc3O2)CC1. The molecule has 0 saturated carbocycles. The predicted octanol–water partition coefficient (Wildman–Crippen LogP) is 1.39. The molecule has 2 aliphatic rings. The smallest absolute Gasteiger partial charge is 0.279 e. The third-order valence-corrected chi connectivity index (χ3v) is 5.72. The average molecular weight is 326 g/mol. The van der Waals surface area contributed by atoms with E-state index in [1.165, 1.54) is 4.31 Å². The summed E-state index contributed by atoms with van der Waals surface area (Å²) >= 11 is 0. The van der Waals surface area contributed by atoms with Gasteiger partial charge in [0.25, 0.3) is 10.2 Å². The molecule has 0 aromatic heterocycles. The van der Waals surface area contributed by atoms with Crippen molar-refractivity contribution >= 4 is 10.2 Å². The minimum absolute atomic E-state index is 0.211. The van der Waals surface area contributed by atoms with Crippen LogP contribution in [0, 0.1) is 5.92 Å². The number of nitrogens with one attached hydrogen (secondary N) is 1. The van der Waals surface area contributed by atoms with Crippen molar-refractivity contribution in [1.29, 1.82) is 0 Å². The first kappa shape index (κ1) is 15.6. The van der Waals surface area contributed by atoms with Gasteiger partial charge in [0.1, 0.15) is 12.7 Å². The Morgan fingerprint density at radius 2 is 1.91 bits per heavy atom. The molecule has 22 heavy (non-hydrogen) atoms. The number of fused-ring (bicyclic) bond motifs is 1. The molecule has 0 unspecified atom stereocenters. The van der Waals surface area contributed by atoms with Crippen LogP contribution in [0.2, 0.25) is 0 Å². The lowest BCUT2D eigenvalue weighted by Gasteiger charge is -2.31. The van der Waals surface area contributed by atoms with Gasteiger partial charge in [0, 0.05) is 13.1 Å². The summed E-state index contributed by atoms with van der Waals surface area (Å²) in [6.45, 7) is 3.88. The van der Waals surface area contributed by atoms with Crippen LogP contribution >= 0.6 is 0 Å². The molecular formula is C15H22N2O4S. The number of hydrogen-bond donors (Lipinski definition) is 1. The van der Waals surface area contributed by atoms with Gasteiger partial charge < -0.3 is 9.47 Å². The number of hydrogen-bond acceptors (Lipinski definition) is 4. The van der Waals surface area contributed by atoms with Gasteiger partial charge in [-0.3, -0.25) is 0 Å². The van der Waals surface area contributed by atoms with Gasteiger partial charge in [-0.25, -0.2) is 0 Å². The van der Waals surface area contributed by atoms with Crippen LogP contribution < -0.4 is 14.2 Å². The normalized spacial score (nSPS) is 23.4. The highest BCUT2D eigenvalue weighted by Crippen LogP contribution is 2.30. The van der Waals surface area contributed by atoms with E-state index in [0.717, 1.165) is 12.8 Å². The summed E-state index contributed by atoms with van der Waals surface area (Å²) in [7, 11) is -3.44. The minimum atomic E-state index is -3.44. The maximum absolute atomic E-state index is 12.3. The van der Waals surface area contributed by atoms with Crippen LogP contribution in [-0.4, -0.2) is 45.1 Å².